The highest BCUT2D eigenvalue weighted by molar-refractivity contribution is 6.31. The molecule has 2 aromatic carbocycles. The zero-order valence-corrected chi connectivity index (χ0v) is 11.7. The molecule has 0 heterocycles. The van der Waals surface area contributed by atoms with Crippen molar-refractivity contribution < 1.29 is 9.18 Å². The highest BCUT2D eigenvalue weighted by Gasteiger charge is 2.13. The van der Waals surface area contributed by atoms with Gasteiger partial charge in [0.05, 0.1) is 0 Å². The summed E-state index contributed by atoms with van der Waals surface area (Å²) in [6.07, 6.45) is 0.00543. The minimum absolute atomic E-state index is 0.00543. The number of benzene rings is 2. The summed E-state index contributed by atoms with van der Waals surface area (Å²) in [5.41, 5.74) is 1.68. The first-order valence-corrected chi connectivity index (χ1v) is 6.46. The van der Waals surface area contributed by atoms with E-state index in [0.717, 1.165) is 5.56 Å². The number of hydrogen-bond donors (Lipinski definition) is 0. The fourth-order valence-corrected chi connectivity index (χ4v) is 2.26. The average Bonchev–Trinajstić information content (AvgIpc) is 2.32. The highest BCUT2D eigenvalue weighted by Crippen LogP contribution is 2.20. The molecule has 0 aliphatic carbocycles. The maximum Gasteiger partial charge on any atom is 0.167 e. The molecule has 0 amide bonds. The normalized spacial score (nSPS) is 10.5. The van der Waals surface area contributed by atoms with Crippen LogP contribution in [0.1, 0.15) is 21.5 Å². The summed E-state index contributed by atoms with van der Waals surface area (Å²) in [5, 5.41) is 0.892. The molecule has 0 aromatic heterocycles. The molecule has 2 rings (SSSR count). The zero-order valence-electron chi connectivity index (χ0n) is 10.2. The van der Waals surface area contributed by atoms with Crippen molar-refractivity contribution >= 4 is 29.0 Å². The first-order chi connectivity index (χ1) is 8.97. The molecule has 0 aliphatic heterocycles. The van der Waals surface area contributed by atoms with Crippen LogP contribution in [0.2, 0.25) is 10.0 Å². The van der Waals surface area contributed by atoms with Crippen molar-refractivity contribution in [1.29, 1.82) is 0 Å². The lowest BCUT2D eigenvalue weighted by atomic mass is 9.99. The van der Waals surface area contributed by atoms with Gasteiger partial charge in [-0.2, -0.15) is 0 Å². The van der Waals surface area contributed by atoms with E-state index in [0.29, 0.717) is 21.2 Å². The van der Waals surface area contributed by atoms with Crippen LogP contribution in [0.25, 0.3) is 0 Å². The van der Waals surface area contributed by atoms with E-state index >= 15 is 0 Å². The second kappa shape index (κ2) is 5.72. The molecule has 19 heavy (non-hydrogen) atoms. The van der Waals surface area contributed by atoms with Crippen LogP contribution in [0.4, 0.5) is 4.39 Å². The van der Waals surface area contributed by atoms with Crippen LogP contribution in [0.15, 0.2) is 36.4 Å². The second-order valence-corrected chi connectivity index (χ2v) is 5.17. The number of Topliss-reactive ketones (excluding diaryl/α,β-unsaturated/α-hetero) is 1. The van der Waals surface area contributed by atoms with Crippen LogP contribution < -0.4 is 0 Å². The first-order valence-electron chi connectivity index (χ1n) is 5.70. The summed E-state index contributed by atoms with van der Waals surface area (Å²) in [5.74, 6) is -0.608. The van der Waals surface area contributed by atoms with E-state index in [1.165, 1.54) is 12.1 Å². The Morgan fingerprint density at radius 1 is 1.11 bits per heavy atom. The summed E-state index contributed by atoms with van der Waals surface area (Å²) < 4.78 is 13.6. The molecule has 0 bridgehead atoms. The number of carbonyl (C=O) groups excluding carboxylic acids is 1. The van der Waals surface area contributed by atoms with Gasteiger partial charge >= 0.3 is 0 Å². The van der Waals surface area contributed by atoms with Gasteiger partial charge in [-0.15, -0.1) is 0 Å². The Balaban J connectivity index is 2.25. The molecule has 0 atom stereocenters. The fraction of sp³-hybridized carbons (Fsp3) is 0.133. The number of aryl methyl sites for hydroxylation is 1. The standard InChI is InChI=1S/C15H11Cl2FO/c1-9-6-11(16)4-5-13(9)15(19)7-10-2-3-12(17)8-14(10)18/h2-6,8H,7H2,1H3. The van der Waals surface area contributed by atoms with Crippen LogP contribution in [-0.2, 0) is 6.42 Å². The molecule has 0 aliphatic rings. The molecule has 0 unspecified atom stereocenters. The van der Waals surface area contributed by atoms with E-state index < -0.39 is 5.82 Å². The highest BCUT2D eigenvalue weighted by atomic mass is 35.5. The van der Waals surface area contributed by atoms with Crippen LogP contribution in [0.5, 0.6) is 0 Å². The number of ketones is 1. The van der Waals surface area contributed by atoms with Crippen molar-refractivity contribution in [2.75, 3.05) is 0 Å². The van der Waals surface area contributed by atoms with Crippen molar-refractivity contribution in [3.05, 3.63) is 69.0 Å². The largest absolute Gasteiger partial charge is 0.294 e. The molecule has 1 nitrogen and oxygen atoms in total. The predicted octanol–water partition coefficient (Wildman–Crippen LogP) is 4.87. The van der Waals surface area contributed by atoms with Crippen molar-refractivity contribution in [3.63, 3.8) is 0 Å². The Morgan fingerprint density at radius 3 is 2.37 bits per heavy atom. The summed E-state index contributed by atoms with van der Waals surface area (Å²) in [4.78, 5) is 12.1. The Bertz CT molecular complexity index is 638. The van der Waals surface area contributed by atoms with Crippen LogP contribution in [0.3, 0.4) is 0 Å². The fourth-order valence-electron chi connectivity index (χ4n) is 1.87. The van der Waals surface area contributed by atoms with E-state index in [9.17, 15) is 9.18 Å². The van der Waals surface area contributed by atoms with Gasteiger partial charge in [0.25, 0.3) is 0 Å². The van der Waals surface area contributed by atoms with E-state index in [1.54, 1.807) is 31.2 Å². The van der Waals surface area contributed by atoms with E-state index in [4.69, 9.17) is 23.2 Å². The second-order valence-electron chi connectivity index (χ2n) is 4.29. The van der Waals surface area contributed by atoms with Crippen molar-refractivity contribution in [1.82, 2.24) is 0 Å². The van der Waals surface area contributed by atoms with E-state index in [1.807, 2.05) is 0 Å². The Kier molecular flexibility index (Phi) is 4.23. The van der Waals surface area contributed by atoms with Crippen molar-refractivity contribution in [3.8, 4) is 0 Å². The summed E-state index contributed by atoms with van der Waals surface area (Å²) >= 11 is 11.5. The minimum atomic E-state index is -0.465. The predicted molar refractivity (Wildman–Crippen MR) is 75.6 cm³/mol. The lowest BCUT2D eigenvalue weighted by Crippen LogP contribution is -2.07. The molecule has 0 N–H and O–H groups in total. The van der Waals surface area contributed by atoms with Gasteiger partial charge in [-0.25, -0.2) is 4.39 Å². The topological polar surface area (TPSA) is 17.1 Å². The molecule has 0 saturated heterocycles. The van der Waals surface area contributed by atoms with E-state index in [-0.39, 0.29) is 12.2 Å². The average molecular weight is 297 g/mol. The van der Waals surface area contributed by atoms with Crippen LogP contribution >= 0.6 is 23.2 Å². The summed E-state index contributed by atoms with van der Waals surface area (Å²) in [7, 11) is 0. The summed E-state index contributed by atoms with van der Waals surface area (Å²) in [6.45, 7) is 1.80. The molecular weight excluding hydrogens is 286 g/mol. The Hall–Kier alpha value is -1.38. The molecule has 98 valence electrons. The SMILES string of the molecule is Cc1cc(Cl)ccc1C(=O)Cc1ccc(Cl)cc1F. The molecule has 0 saturated carbocycles. The van der Waals surface area contributed by atoms with Gasteiger partial charge in [0, 0.05) is 22.0 Å². The smallest absolute Gasteiger partial charge is 0.167 e. The Morgan fingerprint density at radius 2 is 1.74 bits per heavy atom. The van der Waals surface area contributed by atoms with Gasteiger partial charge in [-0.05, 0) is 48.4 Å². The van der Waals surface area contributed by atoms with Crippen molar-refractivity contribution in [2.45, 2.75) is 13.3 Å². The van der Waals surface area contributed by atoms with Gasteiger partial charge in [-0.3, -0.25) is 4.79 Å². The van der Waals surface area contributed by atoms with E-state index in [2.05, 4.69) is 0 Å². The molecule has 0 radical (unpaired) electrons. The molecule has 4 heteroatoms. The lowest BCUT2D eigenvalue weighted by molar-refractivity contribution is 0.0991. The Labute approximate surface area is 121 Å². The lowest BCUT2D eigenvalue weighted by Gasteiger charge is -2.06. The molecular formula is C15H11Cl2FO. The third-order valence-corrected chi connectivity index (χ3v) is 3.33. The number of hydrogen-bond acceptors (Lipinski definition) is 1. The third kappa shape index (κ3) is 3.34. The maximum atomic E-state index is 13.6. The summed E-state index contributed by atoms with van der Waals surface area (Å²) in [6, 6.07) is 9.34. The van der Waals surface area contributed by atoms with Gasteiger partial charge < -0.3 is 0 Å². The van der Waals surface area contributed by atoms with Gasteiger partial charge in [0.15, 0.2) is 5.78 Å². The first kappa shape index (κ1) is 14.0. The molecule has 0 spiro atoms. The maximum absolute atomic E-state index is 13.6. The van der Waals surface area contributed by atoms with Gasteiger partial charge in [-0.1, -0.05) is 29.3 Å². The quantitative estimate of drug-likeness (QED) is 0.739. The number of carbonyl (C=O) groups is 1. The zero-order chi connectivity index (χ0) is 14.0. The minimum Gasteiger partial charge on any atom is -0.294 e. The molecule has 2 aromatic rings. The van der Waals surface area contributed by atoms with Crippen LogP contribution in [-0.4, -0.2) is 5.78 Å². The van der Waals surface area contributed by atoms with Gasteiger partial charge in [0.1, 0.15) is 5.82 Å². The van der Waals surface area contributed by atoms with Gasteiger partial charge in [0.2, 0.25) is 0 Å². The number of halogens is 3. The monoisotopic (exact) mass is 296 g/mol. The van der Waals surface area contributed by atoms with Crippen molar-refractivity contribution in [2.24, 2.45) is 0 Å². The molecule has 0 fully saturated rings. The van der Waals surface area contributed by atoms with Crippen LogP contribution in [0, 0.1) is 12.7 Å². The third-order valence-electron chi connectivity index (χ3n) is 2.85. The number of rotatable bonds is 3.